The van der Waals surface area contributed by atoms with Crippen molar-refractivity contribution in [2.45, 2.75) is 30.3 Å². The fourth-order valence-electron chi connectivity index (χ4n) is 3.98. The molecule has 0 aromatic heterocycles. The molecule has 0 N–H and O–H groups in total. The predicted molar refractivity (Wildman–Crippen MR) is 129 cm³/mol. The summed E-state index contributed by atoms with van der Waals surface area (Å²) in [6.07, 6.45) is 1.06. The summed E-state index contributed by atoms with van der Waals surface area (Å²) in [5, 5.41) is 0.935. The largest absolute Gasteiger partial charge is 0.497 e. The van der Waals surface area contributed by atoms with E-state index in [2.05, 4.69) is 6.92 Å². The van der Waals surface area contributed by atoms with Gasteiger partial charge in [-0.25, -0.2) is 13.4 Å². The van der Waals surface area contributed by atoms with Crippen molar-refractivity contribution in [2.75, 3.05) is 33.1 Å². The monoisotopic (exact) mass is 473 g/mol. The number of benzene rings is 2. The zero-order chi connectivity index (χ0) is 22.8. The Kier molecular flexibility index (Phi) is 6.60. The zero-order valence-corrected chi connectivity index (χ0v) is 20.1. The Hall–Kier alpha value is -2.36. The summed E-state index contributed by atoms with van der Waals surface area (Å²) < 4.78 is 38.8. The number of thioether (sulfide) groups is 1. The smallest absolute Gasteiger partial charge is 0.246 e. The first-order valence-corrected chi connectivity index (χ1v) is 13.0. The first-order chi connectivity index (χ1) is 15.4. The molecule has 1 spiro atoms. The predicted octanol–water partition coefficient (Wildman–Crippen LogP) is 3.84. The average Bonchev–Trinajstić information content (AvgIpc) is 3.17. The molecule has 0 bridgehead atoms. The zero-order valence-electron chi connectivity index (χ0n) is 18.4. The minimum Gasteiger partial charge on any atom is -0.497 e. The van der Waals surface area contributed by atoms with Crippen LogP contribution in [0.4, 0.5) is 0 Å². The Labute approximate surface area is 193 Å². The normalized spacial score (nSPS) is 18.3. The Balaban J connectivity index is 1.59. The van der Waals surface area contributed by atoms with Gasteiger partial charge in [0.2, 0.25) is 10.0 Å². The van der Waals surface area contributed by atoms with Crippen LogP contribution in [0.15, 0.2) is 63.4 Å². The Bertz CT molecular complexity index is 1140. The van der Waals surface area contributed by atoms with Gasteiger partial charge in [0, 0.05) is 37.6 Å². The van der Waals surface area contributed by atoms with Gasteiger partial charge in [-0.1, -0.05) is 37.3 Å². The molecule has 0 atom stereocenters. The summed E-state index contributed by atoms with van der Waals surface area (Å²) in [6, 6.07) is 14.9. The summed E-state index contributed by atoms with van der Waals surface area (Å²) >= 11 is 1.68. The number of nitrogens with zero attached hydrogens (tertiary/aromatic N) is 3. The number of rotatable bonds is 6. The van der Waals surface area contributed by atoms with Gasteiger partial charge in [-0.2, -0.15) is 4.31 Å². The highest BCUT2D eigenvalue weighted by molar-refractivity contribution is 8.15. The van der Waals surface area contributed by atoms with Crippen molar-refractivity contribution in [2.24, 2.45) is 9.98 Å². The van der Waals surface area contributed by atoms with Crippen LogP contribution >= 0.6 is 11.8 Å². The van der Waals surface area contributed by atoms with E-state index in [1.165, 1.54) is 24.6 Å². The second kappa shape index (κ2) is 9.25. The lowest BCUT2D eigenvalue weighted by molar-refractivity contribution is 0.248. The minimum atomic E-state index is -3.75. The molecule has 170 valence electrons. The van der Waals surface area contributed by atoms with Gasteiger partial charge >= 0.3 is 0 Å². The van der Waals surface area contributed by atoms with E-state index >= 15 is 0 Å². The van der Waals surface area contributed by atoms with Gasteiger partial charge < -0.3 is 9.47 Å². The molecule has 2 aromatic rings. The molecule has 1 saturated heterocycles. The van der Waals surface area contributed by atoms with Crippen LogP contribution in [-0.4, -0.2) is 62.2 Å². The van der Waals surface area contributed by atoms with Gasteiger partial charge in [-0.05, 0) is 17.9 Å². The maximum atomic E-state index is 13.4. The molecule has 0 saturated carbocycles. The Morgan fingerprint density at radius 1 is 1.03 bits per heavy atom. The first-order valence-electron chi connectivity index (χ1n) is 10.5. The van der Waals surface area contributed by atoms with Crippen molar-refractivity contribution >= 4 is 32.5 Å². The molecule has 4 rings (SSSR count). The highest BCUT2D eigenvalue weighted by Crippen LogP contribution is 2.38. The van der Waals surface area contributed by atoms with Crippen molar-refractivity contribution in [1.82, 2.24) is 4.31 Å². The molecule has 0 unspecified atom stereocenters. The topological polar surface area (TPSA) is 80.6 Å². The maximum absolute atomic E-state index is 13.4. The van der Waals surface area contributed by atoms with Crippen LogP contribution < -0.4 is 9.47 Å². The highest BCUT2D eigenvalue weighted by atomic mass is 32.2. The molecule has 7 nitrogen and oxygen atoms in total. The number of aliphatic imine (C=N–C) groups is 2. The second-order valence-electron chi connectivity index (χ2n) is 7.58. The molecule has 2 aromatic carbocycles. The molecule has 2 aliphatic rings. The van der Waals surface area contributed by atoms with Gasteiger partial charge in [0.15, 0.2) is 5.66 Å². The molecule has 0 amide bonds. The van der Waals surface area contributed by atoms with E-state index < -0.39 is 15.7 Å². The third-order valence-corrected chi connectivity index (χ3v) is 8.44. The van der Waals surface area contributed by atoms with Gasteiger partial charge in [0.1, 0.15) is 21.4 Å². The molecule has 9 heteroatoms. The van der Waals surface area contributed by atoms with Crippen LogP contribution in [0.1, 0.15) is 25.3 Å². The molecular weight excluding hydrogens is 446 g/mol. The summed E-state index contributed by atoms with van der Waals surface area (Å²) in [4.78, 5) is 10.1. The summed E-state index contributed by atoms with van der Waals surface area (Å²) in [7, 11) is -0.773. The second-order valence-corrected chi connectivity index (χ2v) is 10.7. The number of ether oxygens (including phenoxy) is 2. The van der Waals surface area contributed by atoms with Gasteiger partial charge in [-0.15, -0.1) is 11.8 Å². The van der Waals surface area contributed by atoms with E-state index in [1.807, 2.05) is 30.3 Å². The maximum Gasteiger partial charge on any atom is 0.246 e. The fourth-order valence-corrected chi connectivity index (χ4v) is 6.40. The number of piperidine rings is 1. The molecular formula is C23H27N3O4S2. The number of hydrogen-bond acceptors (Lipinski definition) is 7. The number of methoxy groups -OCH3 is 2. The van der Waals surface area contributed by atoms with E-state index in [0.717, 1.165) is 22.1 Å². The Morgan fingerprint density at radius 3 is 2.38 bits per heavy atom. The molecule has 2 heterocycles. The van der Waals surface area contributed by atoms with Crippen LogP contribution in [0.3, 0.4) is 0 Å². The van der Waals surface area contributed by atoms with Gasteiger partial charge in [0.25, 0.3) is 0 Å². The summed E-state index contributed by atoms with van der Waals surface area (Å²) in [5.74, 6) is 1.67. The van der Waals surface area contributed by atoms with Crippen molar-refractivity contribution in [3.63, 3.8) is 0 Å². The number of hydrogen-bond donors (Lipinski definition) is 0. The van der Waals surface area contributed by atoms with Crippen LogP contribution in [0.2, 0.25) is 0 Å². The summed E-state index contributed by atoms with van der Waals surface area (Å²) in [5.41, 5.74) is 1.34. The number of sulfonamides is 1. The van der Waals surface area contributed by atoms with E-state index in [4.69, 9.17) is 19.5 Å². The Morgan fingerprint density at radius 2 is 1.75 bits per heavy atom. The van der Waals surface area contributed by atoms with E-state index in [1.54, 1.807) is 23.9 Å². The average molecular weight is 474 g/mol. The molecule has 2 aliphatic heterocycles. The van der Waals surface area contributed by atoms with Crippen LogP contribution in [0, 0.1) is 0 Å². The fraction of sp³-hybridized carbons (Fsp3) is 0.391. The van der Waals surface area contributed by atoms with Crippen LogP contribution in [0.25, 0.3) is 0 Å². The lowest BCUT2D eigenvalue weighted by Gasteiger charge is -2.34. The van der Waals surface area contributed by atoms with Crippen LogP contribution in [0.5, 0.6) is 11.5 Å². The highest BCUT2D eigenvalue weighted by Gasteiger charge is 2.42. The lowest BCUT2D eigenvalue weighted by Crippen LogP contribution is -2.44. The van der Waals surface area contributed by atoms with Crippen molar-refractivity contribution < 1.29 is 17.9 Å². The quantitative estimate of drug-likeness (QED) is 0.637. The van der Waals surface area contributed by atoms with E-state index in [0.29, 0.717) is 37.4 Å². The molecule has 0 radical (unpaired) electrons. The first kappa shape index (κ1) is 22.8. The molecule has 1 fully saturated rings. The summed E-state index contributed by atoms with van der Waals surface area (Å²) in [6.45, 7) is 2.77. The minimum absolute atomic E-state index is 0.112. The van der Waals surface area contributed by atoms with Crippen molar-refractivity contribution in [3.8, 4) is 11.5 Å². The van der Waals surface area contributed by atoms with E-state index in [-0.39, 0.29) is 4.90 Å². The van der Waals surface area contributed by atoms with Gasteiger partial charge in [0.05, 0.1) is 19.9 Å². The van der Waals surface area contributed by atoms with E-state index in [9.17, 15) is 8.42 Å². The molecule has 32 heavy (non-hydrogen) atoms. The standard InChI is InChI=1S/C23H27N3O4S2/c1-4-31-22-21(17-8-6-5-7-9-17)24-23(25-22)12-14-26(15-13-23)32(27,28)20-16-18(29-2)10-11-19(20)30-3/h5-11,16H,4,12-15H2,1-3H3. The van der Waals surface area contributed by atoms with Crippen molar-refractivity contribution in [3.05, 3.63) is 54.1 Å². The van der Waals surface area contributed by atoms with Crippen LogP contribution in [-0.2, 0) is 10.0 Å². The third-order valence-electron chi connectivity index (χ3n) is 5.67. The van der Waals surface area contributed by atoms with Crippen molar-refractivity contribution in [1.29, 1.82) is 0 Å². The SMILES string of the molecule is CCSC1=NC2(CCN(S(=O)(=O)c3cc(OC)ccc3OC)CC2)N=C1c1ccccc1. The molecule has 0 aliphatic carbocycles. The third kappa shape index (κ3) is 4.29. The van der Waals surface area contributed by atoms with Gasteiger partial charge in [-0.3, -0.25) is 4.99 Å². The lowest BCUT2D eigenvalue weighted by atomic mass is 10.00.